The van der Waals surface area contributed by atoms with Crippen LogP contribution in [0.5, 0.6) is 0 Å². The number of nitro groups is 1. The van der Waals surface area contributed by atoms with Crippen LogP contribution in [0.2, 0.25) is 0 Å². The Labute approximate surface area is 206 Å². The van der Waals surface area contributed by atoms with Crippen LogP contribution in [0.4, 0.5) is 11.4 Å². The number of para-hydroxylation sites is 2. The molecule has 0 aliphatic carbocycles. The van der Waals surface area contributed by atoms with E-state index in [0.717, 1.165) is 23.0 Å². The molecule has 1 heterocycles. The highest BCUT2D eigenvalue weighted by atomic mass is 32.2. The number of aryl methyl sites for hydroxylation is 1. The minimum atomic E-state index is -0.483. The zero-order valence-corrected chi connectivity index (χ0v) is 20.3. The highest BCUT2D eigenvalue weighted by molar-refractivity contribution is 7.99. The Morgan fingerprint density at radius 1 is 1.11 bits per heavy atom. The van der Waals surface area contributed by atoms with E-state index in [1.165, 1.54) is 6.07 Å². The fourth-order valence-corrected chi connectivity index (χ4v) is 4.62. The lowest BCUT2D eigenvalue weighted by molar-refractivity contribution is -0.385. The number of hydrogen-bond acceptors (Lipinski definition) is 6. The van der Waals surface area contributed by atoms with E-state index in [-0.39, 0.29) is 28.8 Å². The third-order valence-corrected chi connectivity index (χ3v) is 6.51. The van der Waals surface area contributed by atoms with Crippen molar-refractivity contribution in [2.24, 2.45) is 0 Å². The Morgan fingerprint density at radius 3 is 2.57 bits per heavy atom. The first kappa shape index (κ1) is 24.2. The summed E-state index contributed by atoms with van der Waals surface area (Å²) in [6.07, 6.45) is 0. The molecule has 0 fully saturated rings. The molecule has 0 radical (unpaired) electrons. The van der Waals surface area contributed by atoms with Gasteiger partial charge in [0.05, 0.1) is 27.3 Å². The van der Waals surface area contributed by atoms with Crippen LogP contribution < -0.4 is 10.9 Å². The maximum absolute atomic E-state index is 13.5. The number of thioether (sulfide) groups is 1. The van der Waals surface area contributed by atoms with Gasteiger partial charge in [-0.1, -0.05) is 62.0 Å². The fourth-order valence-electron chi connectivity index (χ4n) is 3.81. The Hall–Kier alpha value is -3.98. The van der Waals surface area contributed by atoms with Crippen LogP contribution in [0.3, 0.4) is 0 Å². The van der Waals surface area contributed by atoms with Crippen molar-refractivity contribution >= 4 is 39.9 Å². The van der Waals surface area contributed by atoms with Crippen molar-refractivity contribution in [1.29, 1.82) is 0 Å². The van der Waals surface area contributed by atoms with Gasteiger partial charge in [0, 0.05) is 17.3 Å². The number of nitrogens with one attached hydrogen (secondary N) is 1. The maximum atomic E-state index is 13.5. The van der Waals surface area contributed by atoms with Gasteiger partial charge in [-0.05, 0) is 42.7 Å². The monoisotopic (exact) mass is 488 g/mol. The molecule has 0 spiro atoms. The van der Waals surface area contributed by atoms with Crippen LogP contribution in [0.25, 0.3) is 16.6 Å². The third kappa shape index (κ3) is 5.09. The first-order valence-electron chi connectivity index (χ1n) is 11.0. The molecule has 4 aromatic rings. The fraction of sp³-hybridized carbons (Fsp3) is 0.192. The highest BCUT2D eigenvalue weighted by Crippen LogP contribution is 2.27. The van der Waals surface area contributed by atoms with E-state index < -0.39 is 4.92 Å². The second-order valence-electron chi connectivity index (χ2n) is 8.36. The molecular weight excluding hydrogens is 464 g/mol. The molecule has 178 valence electrons. The Kier molecular flexibility index (Phi) is 6.97. The predicted octanol–water partition coefficient (Wildman–Crippen LogP) is 5.46. The Bertz CT molecular complexity index is 1500. The van der Waals surface area contributed by atoms with E-state index in [2.05, 4.69) is 19.2 Å². The first-order valence-corrected chi connectivity index (χ1v) is 12.0. The number of nitro benzene ring substituents is 1. The van der Waals surface area contributed by atoms with Crippen LogP contribution in [0.1, 0.15) is 30.9 Å². The normalized spacial score (nSPS) is 11.1. The molecule has 0 aliphatic heterocycles. The van der Waals surface area contributed by atoms with E-state index in [9.17, 15) is 19.7 Å². The molecule has 35 heavy (non-hydrogen) atoms. The van der Waals surface area contributed by atoms with Crippen LogP contribution >= 0.6 is 11.8 Å². The van der Waals surface area contributed by atoms with Gasteiger partial charge in [0.1, 0.15) is 0 Å². The number of hydrogen-bond donors (Lipinski definition) is 1. The molecule has 1 N–H and O–H groups in total. The summed E-state index contributed by atoms with van der Waals surface area (Å²) in [5, 5.41) is 14.8. The summed E-state index contributed by atoms with van der Waals surface area (Å²) in [7, 11) is 0. The summed E-state index contributed by atoms with van der Waals surface area (Å²) >= 11 is 1.14. The van der Waals surface area contributed by atoms with Gasteiger partial charge in [-0.2, -0.15) is 0 Å². The van der Waals surface area contributed by atoms with Crippen molar-refractivity contribution in [2.45, 2.75) is 31.8 Å². The number of nitrogens with zero attached hydrogens (tertiary/aromatic N) is 3. The summed E-state index contributed by atoms with van der Waals surface area (Å²) in [5.41, 5.74) is 2.84. The Morgan fingerprint density at radius 2 is 1.83 bits per heavy atom. The molecule has 1 aromatic heterocycles. The summed E-state index contributed by atoms with van der Waals surface area (Å²) in [6.45, 7) is 5.75. The summed E-state index contributed by atoms with van der Waals surface area (Å²) in [4.78, 5) is 41.7. The second kappa shape index (κ2) is 10.1. The number of benzene rings is 3. The van der Waals surface area contributed by atoms with Gasteiger partial charge in [-0.3, -0.25) is 24.3 Å². The zero-order valence-electron chi connectivity index (χ0n) is 19.5. The van der Waals surface area contributed by atoms with Crippen LogP contribution in [0.15, 0.2) is 76.7 Å². The van der Waals surface area contributed by atoms with Crippen molar-refractivity contribution in [2.75, 3.05) is 11.1 Å². The van der Waals surface area contributed by atoms with Crippen LogP contribution in [-0.2, 0) is 4.79 Å². The topological polar surface area (TPSA) is 107 Å². The third-order valence-electron chi connectivity index (χ3n) is 5.57. The van der Waals surface area contributed by atoms with E-state index in [0.29, 0.717) is 27.3 Å². The SMILES string of the molecule is Cc1ccc(NC(=O)CSc2nc3ccccc3c(=O)n2-c2ccccc2C(C)C)cc1[N+](=O)[O-]. The van der Waals surface area contributed by atoms with Crippen LogP contribution in [0, 0.1) is 17.0 Å². The highest BCUT2D eigenvalue weighted by Gasteiger charge is 2.18. The molecular formula is C26H24N4O4S. The van der Waals surface area contributed by atoms with E-state index in [1.54, 1.807) is 41.8 Å². The lowest BCUT2D eigenvalue weighted by Gasteiger charge is -2.18. The van der Waals surface area contributed by atoms with Gasteiger partial charge in [-0.15, -0.1) is 0 Å². The molecule has 1 amide bonds. The van der Waals surface area contributed by atoms with Crippen molar-refractivity contribution in [3.8, 4) is 5.69 Å². The van der Waals surface area contributed by atoms with Gasteiger partial charge < -0.3 is 5.32 Å². The van der Waals surface area contributed by atoms with E-state index in [1.807, 2.05) is 30.3 Å². The Balaban J connectivity index is 1.69. The van der Waals surface area contributed by atoms with Crippen molar-refractivity contribution in [1.82, 2.24) is 9.55 Å². The van der Waals surface area contributed by atoms with Gasteiger partial charge in [0.15, 0.2) is 5.16 Å². The van der Waals surface area contributed by atoms with Crippen LogP contribution in [-0.4, -0.2) is 26.1 Å². The standard InChI is InChI=1S/C26H24N4O4S/c1-16(2)19-8-5-7-11-22(19)29-25(32)20-9-4-6-10-21(20)28-26(29)35-15-24(31)27-18-13-12-17(3)23(14-18)30(33)34/h4-14,16H,15H2,1-3H3,(H,27,31). The van der Waals surface area contributed by atoms with Crippen molar-refractivity contribution < 1.29 is 9.72 Å². The number of amides is 1. The van der Waals surface area contributed by atoms with Crippen molar-refractivity contribution in [3.63, 3.8) is 0 Å². The van der Waals surface area contributed by atoms with Crippen molar-refractivity contribution in [3.05, 3.63) is 98.3 Å². The summed E-state index contributed by atoms with van der Waals surface area (Å²) in [5.74, 6) is -0.224. The number of aromatic nitrogens is 2. The number of carbonyl (C=O) groups excluding carboxylic acids is 1. The molecule has 0 aliphatic rings. The average molecular weight is 489 g/mol. The summed E-state index contributed by atoms with van der Waals surface area (Å²) in [6, 6.07) is 19.3. The zero-order chi connectivity index (χ0) is 25.1. The van der Waals surface area contributed by atoms with Gasteiger partial charge in [0.25, 0.3) is 11.2 Å². The van der Waals surface area contributed by atoms with Gasteiger partial charge in [0.2, 0.25) is 5.91 Å². The smallest absolute Gasteiger partial charge is 0.274 e. The lowest BCUT2D eigenvalue weighted by atomic mass is 10.0. The second-order valence-corrected chi connectivity index (χ2v) is 9.30. The molecule has 3 aromatic carbocycles. The molecule has 0 unspecified atom stereocenters. The molecule has 0 saturated carbocycles. The number of anilines is 1. The number of fused-ring (bicyclic) bond motifs is 1. The molecule has 9 heteroatoms. The van der Waals surface area contributed by atoms with Gasteiger partial charge >= 0.3 is 0 Å². The minimum Gasteiger partial charge on any atom is -0.325 e. The molecule has 8 nitrogen and oxygen atoms in total. The molecule has 4 rings (SSSR count). The largest absolute Gasteiger partial charge is 0.325 e. The predicted molar refractivity (Wildman–Crippen MR) is 139 cm³/mol. The first-order chi connectivity index (χ1) is 16.8. The molecule has 0 saturated heterocycles. The molecule has 0 bridgehead atoms. The number of carbonyl (C=O) groups is 1. The van der Waals surface area contributed by atoms with E-state index >= 15 is 0 Å². The minimum absolute atomic E-state index is 0.0314. The lowest BCUT2D eigenvalue weighted by Crippen LogP contribution is -2.24. The quantitative estimate of drug-likeness (QED) is 0.160. The summed E-state index contributed by atoms with van der Waals surface area (Å²) < 4.78 is 1.56. The van der Waals surface area contributed by atoms with Gasteiger partial charge in [-0.25, -0.2) is 4.98 Å². The molecule has 0 atom stereocenters. The van der Waals surface area contributed by atoms with E-state index in [4.69, 9.17) is 4.98 Å². The maximum Gasteiger partial charge on any atom is 0.274 e. The number of rotatable bonds is 7. The average Bonchev–Trinajstić information content (AvgIpc) is 2.84.